The number of aldehydes is 1. The second kappa shape index (κ2) is 8.71. The van der Waals surface area contributed by atoms with Gasteiger partial charge in [0.2, 0.25) is 10.0 Å². The van der Waals surface area contributed by atoms with Crippen LogP contribution in [-0.2, 0) is 14.8 Å². The third-order valence-electron chi connectivity index (χ3n) is 2.97. The summed E-state index contributed by atoms with van der Waals surface area (Å²) in [7, 11) is -3.59. The Labute approximate surface area is 126 Å². The average Bonchev–Trinajstić information content (AvgIpc) is 2.46. The smallest absolute Gasteiger partial charge is 0.243 e. The van der Waals surface area contributed by atoms with Gasteiger partial charge in [-0.3, -0.25) is 0 Å². The molecule has 0 aliphatic rings. The molecule has 1 aromatic rings. The van der Waals surface area contributed by atoms with Crippen molar-refractivity contribution >= 4 is 16.3 Å². The summed E-state index contributed by atoms with van der Waals surface area (Å²) in [5.41, 5.74) is 0.988. The minimum atomic E-state index is -3.59. The van der Waals surface area contributed by atoms with E-state index in [1.54, 1.807) is 30.3 Å². The largest absolute Gasteiger partial charge is 0.392 e. The zero-order valence-corrected chi connectivity index (χ0v) is 12.9. The standard InChI is InChI=1S/C15H21NO4S/c1-14-6-8-15(9-7-14)21(19,20)16(10-2-4-12-17)11-3-5-13-18/h2,4,6-9,13,17H,3,5,10-12H2,1H3/b4-2-. The van der Waals surface area contributed by atoms with Gasteiger partial charge < -0.3 is 9.90 Å². The van der Waals surface area contributed by atoms with E-state index in [4.69, 9.17) is 5.11 Å². The van der Waals surface area contributed by atoms with Crippen LogP contribution in [0.25, 0.3) is 0 Å². The third-order valence-corrected chi connectivity index (χ3v) is 4.85. The van der Waals surface area contributed by atoms with E-state index in [-0.39, 0.29) is 24.6 Å². The van der Waals surface area contributed by atoms with Crippen LogP contribution in [0.2, 0.25) is 0 Å². The summed E-state index contributed by atoms with van der Waals surface area (Å²) < 4.78 is 26.5. The number of aryl methyl sites for hydroxylation is 1. The van der Waals surface area contributed by atoms with Crippen LogP contribution in [0.4, 0.5) is 0 Å². The van der Waals surface area contributed by atoms with Crippen molar-refractivity contribution in [1.82, 2.24) is 4.31 Å². The molecular formula is C15H21NO4S. The highest BCUT2D eigenvalue weighted by atomic mass is 32.2. The number of benzene rings is 1. The highest BCUT2D eigenvalue weighted by Gasteiger charge is 2.22. The molecule has 0 aliphatic heterocycles. The van der Waals surface area contributed by atoms with E-state index in [2.05, 4.69) is 0 Å². The van der Waals surface area contributed by atoms with E-state index in [0.717, 1.165) is 11.8 Å². The minimum Gasteiger partial charge on any atom is -0.392 e. The van der Waals surface area contributed by atoms with Crippen LogP contribution in [0.1, 0.15) is 18.4 Å². The maximum Gasteiger partial charge on any atom is 0.243 e. The van der Waals surface area contributed by atoms with Crippen LogP contribution in [-0.4, -0.2) is 43.8 Å². The summed E-state index contributed by atoms with van der Waals surface area (Å²) >= 11 is 0. The molecule has 0 bridgehead atoms. The lowest BCUT2D eigenvalue weighted by molar-refractivity contribution is -0.107. The first-order chi connectivity index (χ1) is 10.0. The highest BCUT2D eigenvalue weighted by Crippen LogP contribution is 2.17. The summed E-state index contributed by atoms with van der Waals surface area (Å²) in [5, 5.41) is 8.74. The maximum absolute atomic E-state index is 12.6. The molecule has 0 amide bonds. The van der Waals surface area contributed by atoms with E-state index < -0.39 is 10.0 Å². The van der Waals surface area contributed by atoms with Crippen LogP contribution < -0.4 is 0 Å². The first-order valence-electron chi connectivity index (χ1n) is 6.78. The van der Waals surface area contributed by atoms with Gasteiger partial charge in [0, 0.05) is 19.5 Å². The van der Waals surface area contributed by atoms with Gasteiger partial charge in [-0.2, -0.15) is 4.31 Å². The quantitative estimate of drug-likeness (QED) is 0.426. The lowest BCUT2D eigenvalue weighted by Gasteiger charge is -2.20. The lowest BCUT2D eigenvalue weighted by Crippen LogP contribution is -2.32. The molecule has 0 aliphatic carbocycles. The van der Waals surface area contributed by atoms with Gasteiger partial charge in [0.15, 0.2) is 0 Å². The predicted octanol–water partition coefficient (Wildman–Crippen LogP) is 1.51. The number of aliphatic hydroxyl groups excluding tert-OH is 1. The Hall–Kier alpha value is -1.50. The maximum atomic E-state index is 12.6. The minimum absolute atomic E-state index is 0.132. The van der Waals surface area contributed by atoms with Crippen LogP contribution >= 0.6 is 0 Å². The Morgan fingerprint density at radius 3 is 2.43 bits per heavy atom. The fourth-order valence-electron chi connectivity index (χ4n) is 1.79. The second-order valence-electron chi connectivity index (χ2n) is 4.64. The first kappa shape index (κ1) is 17.6. The number of aliphatic hydroxyl groups is 1. The Morgan fingerprint density at radius 1 is 1.19 bits per heavy atom. The van der Waals surface area contributed by atoms with Crippen LogP contribution in [0.3, 0.4) is 0 Å². The third kappa shape index (κ3) is 5.41. The molecular weight excluding hydrogens is 290 g/mol. The van der Waals surface area contributed by atoms with E-state index in [1.165, 1.54) is 10.4 Å². The van der Waals surface area contributed by atoms with E-state index in [0.29, 0.717) is 12.8 Å². The summed E-state index contributed by atoms with van der Waals surface area (Å²) in [5.74, 6) is 0. The monoisotopic (exact) mass is 311 g/mol. The fraction of sp³-hybridized carbons (Fsp3) is 0.400. The van der Waals surface area contributed by atoms with Crippen molar-refractivity contribution in [2.75, 3.05) is 19.7 Å². The summed E-state index contributed by atoms with van der Waals surface area (Å²) in [6, 6.07) is 6.65. The van der Waals surface area contributed by atoms with Crippen LogP contribution in [0.15, 0.2) is 41.3 Å². The van der Waals surface area contributed by atoms with Crippen molar-refractivity contribution in [1.29, 1.82) is 0 Å². The van der Waals surface area contributed by atoms with Gasteiger partial charge in [-0.25, -0.2) is 8.42 Å². The van der Waals surface area contributed by atoms with Crippen molar-refractivity contribution in [3.63, 3.8) is 0 Å². The predicted molar refractivity (Wildman–Crippen MR) is 81.5 cm³/mol. The molecule has 0 radical (unpaired) electrons. The van der Waals surface area contributed by atoms with Crippen molar-refractivity contribution in [2.45, 2.75) is 24.7 Å². The Kier molecular flexibility index (Phi) is 7.28. The Morgan fingerprint density at radius 2 is 1.86 bits per heavy atom. The molecule has 1 aromatic carbocycles. The van der Waals surface area contributed by atoms with Gasteiger partial charge in [-0.05, 0) is 25.5 Å². The second-order valence-corrected chi connectivity index (χ2v) is 6.58. The van der Waals surface area contributed by atoms with Gasteiger partial charge in [0.05, 0.1) is 11.5 Å². The summed E-state index contributed by atoms with van der Waals surface area (Å²) in [6.07, 6.45) is 4.68. The number of hydrogen-bond acceptors (Lipinski definition) is 4. The van der Waals surface area contributed by atoms with Gasteiger partial charge in [-0.15, -0.1) is 0 Å². The fourth-order valence-corrected chi connectivity index (χ4v) is 3.22. The topological polar surface area (TPSA) is 74.7 Å². The van der Waals surface area contributed by atoms with Crippen molar-refractivity contribution in [3.05, 3.63) is 42.0 Å². The number of carbonyl (C=O) groups is 1. The Bertz CT molecular complexity index is 564. The number of carbonyl (C=O) groups excluding carboxylic acids is 1. The highest BCUT2D eigenvalue weighted by molar-refractivity contribution is 7.89. The Balaban J connectivity index is 2.94. The van der Waals surface area contributed by atoms with Gasteiger partial charge in [0.25, 0.3) is 0 Å². The summed E-state index contributed by atoms with van der Waals surface area (Å²) in [4.78, 5) is 10.6. The number of unbranched alkanes of at least 4 members (excludes halogenated alkanes) is 1. The molecule has 1 rings (SSSR count). The van der Waals surface area contributed by atoms with Crippen LogP contribution in [0, 0.1) is 6.92 Å². The van der Waals surface area contributed by atoms with Crippen molar-refractivity contribution in [3.8, 4) is 0 Å². The molecule has 0 spiro atoms. The molecule has 0 unspecified atom stereocenters. The molecule has 0 atom stereocenters. The van der Waals surface area contributed by atoms with Gasteiger partial charge in [-0.1, -0.05) is 29.8 Å². The molecule has 0 aromatic heterocycles. The number of rotatable bonds is 9. The van der Waals surface area contributed by atoms with E-state index in [1.807, 2.05) is 6.92 Å². The zero-order valence-electron chi connectivity index (χ0n) is 12.1. The molecule has 116 valence electrons. The molecule has 5 nitrogen and oxygen atoms in total. The SMILES string of the molecule is Cc1ccc(S(=O)(=O)N(C/C=C\CO)CCCC=O)cc1. The molecule has 0 saturated heterocycles. The van der Waals surface area contributed by atoms with Crippen LogP contribution in [0.5, 0.6) is 0 Å². The van der Waals surface area contributed by atoms with Crippen molar-refractivity contribution in [2.24, 2.45) is 0 Å². The molecule has 0 heterocycles. The average molecular weight is 311 g/mol. The lowest BCUT2D eigenvalue weighted by atomic mass is 10.2. The van der Waals surface area contributed by atoms with E-state index in [9.17, 15) is 13.2 Å². The molecule has 6 heteroatoms. The molecule has 1 N–H and O–H groups in total. The number of nitrogens with zero attached hydrogens (tertiary/aromatic N) is 1. The molecule has 0 fully saturated rings. The van der Waals surface area contributed by atoms with Gasteiger partial charge in [0.1, 0.15) is 6.29 Å². The summed E-state index contributed by atoms with van der Waals surface area (Å²) in [6.45, 7) is 2.20. The van der Waals surface area contributed by atoms with Crippen molar-refractivity contribution < 1.29 is 18.3 Å². The van der Waals surface area contributed by atoms with E-state index >= 15 is 0 Å². The first-order valence-corrected chi connectivity index (χ1v) is 8.22. The molecule has 21 heavy (non-hydrogen) atoms. The van der Waals surface area contributed by atoms with Gasteiger partial charge >= 0.3 is 0 Å². The zero-order chi connectivity index (χ0) is 15.7. The normalized spacial score (nSPS) is 12.1. The number of sulfonamides is 1. The molecule has 0 saturated carbocycles. The number of hydrogen-bond donors (Lipinski definition) is 1.